The van der Waals surface area contributed by atoms with Crippen LogP contribution in [0.5, 0.6) is 0 Å². The minimum Gasteiger partial charge on any atom is -0.383 e. The van der Waals surface area contributed by atoms with Crippen LogP contribution in [0.2, 0.25) is 0 Å². The van der Waals surface area contributed by atoms with E-state index in [1.165, 1.54) is 4.80 Å². The monoisotopic (exact) mass is 233 g/mol. The molecule has 7 heteroatoms. The van der Waals surface area contributed by atoms with E-state index in [9.17, 15) is 0 Å². The zero-order chi connectivity index (χ0) is 11.3. The number of tetrazole rings is 1. The fourth-order valence-corrected chi connectivity index (χ4v) is 1.63. The van der Waals surface area contributed by atoms with Crippen LogP contribution in [0.25, 0.3) is 0 Å². The first kappa shape index (κ1) is 12.4. The molecule has 0 saturated carbocycles. The topological polar surface area (TPSA) is 56.1 Å². The molecule has 0 fully saturated rings. The summed E-state index contributed by atoms with van der Waals surface area (Å²) in [7, 11) is 5.34. The first-order valence-electron chi connectivity index (χ1n) is 4.66. The quantitative estimate of drug-likeness (QED) is 0.642. The van der Waals surface area contributed by atoms with Gasteiger partial charge in [-0.15, -0.1) is 21.8 Å². The Morgan fingerprint density at radius 3 is 2.87 bits per heavy atom. The molecule has 0 amide bonds. The van der Waals surface area contributed by atoms with Crippen LogP contribution in [0.4, 0.5) is 0 Å². The first-order valence-corrected chi connectivity index (χ1v) is 5.10. The summed E-state index contributed by atoms with van der Waals surface area (Å²) in [4.78, 5) is 3.48. The number of alkyl halides is 1. The standard InChI is InChI=1S/C8H16ClN5O/c1-13(4-7(9)6-15-3)5-8-10-12-14(2)11-8/h7H,4-6H2,1-3H3. The Morgan fingerprint density at radius 1 is 1.60 bits per heavy atom. The van der Waals surface area contributed by atoms with Crippen molar-refractivity contribution in [2.24, 2.45) is 7.05 Å². The number of aryl methyl sites for hydroxylation is 1. The highest BCUT2D eigenvalue weighted by molar-refractivity contribution is 6.20. The molecule has 1 unspecified atom stereocenters. The molecule has 0 N–H and O–H groups in total. The Morgan fingerprint density at radius 2 is 2.33 bits per heavy atom. The summed E-state index contributed by atoms with van der Waals surface area (Å²) >= 11 is 6.02. The molecule has 1 aromatic heterocycles. The Bertz CT molecular complexity index is 292. The zero-order valence-electron chi connectivity index (χ0n) is 9.22. The van der Waals surface area contributed by atoms with Gasteiger partial charge in [-0.25, -0.2) is 0 Å². The molecule has 15 heavy (non-hydrogen) atoms. The highest BCUT2D eigenvalue weighted by atomic mass is 35.5. The maximum Gasteiger partial charge on any atom is 0.188 e. The molecular weight excluding hydrogens is 218 g/mol. The largest absolute Gasteiger partial charge is 0.383 e. The normalized spacial score (nSPS) is 13.4. The van der Waals surface area contributed by atoms with Crippen LogP contribution in [0.1, 0.15) is 5.82 Å². The third kappa shape index (κ3) is 4.55. The number of ether oxygens (including phenoxy) is 1. The first-order chi connectivity index (χ1) is 7.11. The van der Waals surface area contributed by atoms with E-state index < -0.39 is 0 Å². The second-order valence-electron chi connectivity index (χ2n) is 3.44. The number of aromatic nitrogens is 4. The minimum atomic E-state index is -0.0170. The van der Waals surface area contributed by atoms with Crippen molar-refractivity contribution in [3.8, 4) is 0 Å². The number of halogens is 1. The van der Waals surface area contributed by atoms with Crippen LogP contribution in [0.15, 0.2) is 0 Å². The fourth-order valence-electron chi connectivity index (χ4n) is 1.26. The summed E-state index contributed by atoms with van der Waals surface area (Å²) < 4.78 is 4.95. The molecule has 0 saturated heterocycles. The van der Waals surface area contributed by atoms with Gasteiger partial charge in [0.05, 0.1) is 25.6 Å². The second kappa shape index (κ2) is 5.99. The minimum absolute atomic E-state index is 0.0170. The van der Waals surface area contributed by atoms with E-state index in [0.717, 1.165) is 6.54 Å². The van der Waals surface area contributed by atoms with Crippen molar-refractivity contribution in [2.75, 3.05) is 27.3 Å². The van der Waals surface area contributed by atoms with Gasteiger partial charge < -0.3 is 4.74 Å². The summed E-state index contributed by atoms with van der Waals surface area (Å²) in [6, 6.07) is 0. The van der Waals surface area contributed by atoms with Crippen LogP contribution < -0.4 is 0 Å². The van der Waals surface area contributed by atoms with E-state index in [4.69, 9.17) is 16.3 Å². The van der Waals surface area contributed by atoms with E-state index in [1.54, 1.807) is 14.2 Å². The number of hydrogen-bond donors (Lipinski definition) is 0. The third-order valence-electron chi connectivity index (χ3n) is 1.82. The number of hydrogen-bond acceptors (Lipinski definition) is 5. The predicted molar refractivity (Wildman–Crippen MR) is 56.6 cm³/mol. The molecule has 0 aromatic carbocycles. The second-order valence-corrected chi connectivity index (χ2v) is 4.06. The molecule has 0 aliphatic rings. The summed E-state index contributed by atoms with van der Waals surface area (Å²) in [5, 5.41) is 11.7. The Balaban J connectivity index is 2.32. The van der Waals surface area contributed by atoms with Gasteiger partial charge in [-0.05, 0) is 12.3 Å². The molecule has 1 atom stereocenters. The summed E-state index contributed by atoms with van der Waals surface area (Å²) in [5.41, 5.74) is 0. The van der Waals surface area contributed by atoms with Crippen LogP contribution in [-0.4, -0.2) is 57.8 Å². The van der Waals surface area contributed by atoms with E-state index in [1.807, 2.05) is 11.9 Å². The summed E-state index contributed by atoms with van der Waals surface area (Å²) in [6.07, 6.45) is 0. The van der Waals surface area contributed by atoms with E-state index in [-0.39, 0.29) is 5.38 Å². The average Bonchev–Trinajstić information content (AvgIpc) is 2.51. The van der Waals surface area contributed by atoms with Crippen molar-refractivity contribution >= 4 is 11.6 Å². The molecule has 1 aromatic rings. The highest BCUT2D eigenvalue weighted by Gasteiger charge is 2.10. The van der Waals surface area contributed by atoms with Gasteiger partial charge in [0.15, 0.2) is 5.82 Å². The van der Waals surface area contributed by atoms with Gasteiger partial charge in [0, 0.05) is 13.7 Å². The average molecular weight is 234 g/mol. The molecule has 86 valence electrons. The van der Waals surface area contributed by atoms with Crippen molar-refractivity contribution in [3.63, 3.8) is 0 Å². The molecule has 0 bridgehead atoms. The Kier molecular flexibility index (Phi) is 4.93. The molecular formula is C8H16ClN5O. The van der Waals surface area contributed by atoms with Crippen LogP contribution in [0.3, 0.4) is 0 Å². The van der Waals surface area contributed by atoms with Crippen molar-refractivity contribution in [1.82, 2.24) is 25.1 Å². The molecule has 0 spiro atoms. The summed E-state index contributed by atoms with van der Waals surface area (Å²) in [6.45, 7) is 1.91. The van der Waals surface area contributed by atoms with Gasteiger partial charge in [0.1, 0.15) is 0 Å². The van der Waals surface area contributed by atoms with Gasteiger partial charge in [0.25, 0.3) is 0 Å². The maximum atomic E-state index is 6.02. The van der Waals surface area contributed by atoms with Crippen LogP contribution in [0, 0.1) is 0 Å². The van der Waals surface area contributed by atoms with E-state index in [0.29, 0.717) is 19.0 Å². The van der Waals surface area contributed by atoms with Gasteiger partial charge in [-0.1, -0.05) is 0 Å². The lowest BCUT2D eigenvalue weighted by Gasteiger charge is -2.17. The van der Waals surface area contributed by atoms with Gasteiger partial charge in [-0.2, -0.15) is 4.80 Å². The lowest BCUT2D eigenvalue weighted by atomic mass is 10.4. The molecule has 6 nitrogen and oxygen atoms in total. The zero-order valence-corrected chi connectivity index (χ0v) is 9.98. The molecule has 1 heterocycles. The van der Waals surface area contributed by atoms with Gasteiger partial charge in [0.2, 0.25) is 0 Å². The van der Waals surface area contributed by atoms with Gasteiger partial charge >= 0.3 is 0 Å². The third-order valence-corrected chi connectivity index (χ3v) is 2.08. The molecule has 0 aliphatic carbocycles. The number of nitrogens with zero attached hydrogens (tertiary/aromatic N) is 5. The lowest BCUT2D eigenvalue weighted by molar-refractivity contribution is 0.180. The highest BCUT2D eigenvalue weighted by Crippen LogP contribution is 2.01. The fraction of sp³-hybridized carbons (Fsp3) is 0.875. The van der Waals surface area contributed by atoms with Crippen molar-refractivity contribution in [3.05, 3.63) is 5.82 Å². The van der Waals surface area contributed by atoms with E-state index >= 15 is 0 Å². The Labute approximate surface area is 94.1 Å². The Hall–Kier alpha value is -0.720. The van der Waals surface area contributed by atoms with Crippen LogP contribution in [-0.2, 0) is 18.3 Å². The predicted octanol–water partition coefficient (Wildman–Crippen LogP) is -0.104. The smallest absolute Gasteiger partial charge is 0.188 e. The maximum absolute atomic E-state index is 6.02. The van der Waals surface area contributed by atoms with Crippen molar-refractivity contribution in [1.29, 1.82) is 0 Å². The number of methoxy groups -OCH3 is 1. The molecule has 0 radical (unpaired) electrons. The lowest BCUT2D eigenvalue weighted by Crippen LogP contribution is -2.28. The van der Waals surface area contributed by atoms with Crippen molar-refractivity contribution in [2.45, 2.75) is 11.9 Å². The SMILES string of the molecule is COCC(Cl)CN(C)Cc1nnn(C)n1. The van der Waals surface area contributed by atoms with E-state index in [2.05, 4.69) is 15.4 Å². The summed E-state index contributed by atoms with van der Waals surface area (Å²) in [5.74, 6) is 0.696. The van der Waals surface area contributed by atoms with Crippen LogP contribution >= 0.6 is 11.6 Å². The van der Waals surface area contributed by atoms with Crippen molar-refractivity contribution < 1.29 is 4.74 Å². The number of rotatable bonds is 6. The molecule has 1 rings (SSSR count). The van der Waals surface area contributed by atoms with Gasteiger partial charge in [-0.3, -0.25) is 4.90 Å². The molecule has 0 aliphatic heterocycles.